The molecule has 7 nitrogen and oxygen atoms in total. The number of pyridine rings is 3. The number of allylic oxidation sites excluding steroid dienone is 4. The third-order valence-electron chi connectivity index (χ3n) is 6.42. The average Bonchev–Trinajstić information content (AvgIpc) is 3.41. The van der Waals surface area contributed by atoms with Crippen LogP contribution in [0.25, 0.3) is 33.6 Å². The highest BCUT2D eigenvalue weighted by Gasteiger charge is 2.19. The van der Waals surface area contributed by atoms with Crippen molar-refractivity contribution in [1.82, 2.24) is 30.2 Å². The fourth-order valence-electron chi connectivity index (χ4n) is 4.36. The number of nitrogens with zero attached hydrogens (tertiary/aromatic N) is 4. The van der Waals surface area contributed by atoms with Crippen LogP contribution in [0.3, 0.4) is 0 Å². The third kappa shape index (κ3) is 5.42. The maximum atomic E-state index is 16.0. The van der Waals surface area contributed by atoms with E-state index in [2.05, 4.69) is 38.4 Å². The summed E-state index contributed by atoms with van der Waals surface area (Å²) in [6.45, 7) is 9.82. The first-order valence-electron chi connectivity index (χ1n) is 12.7. The summed E-state index contributed by atoms with van der Waals surface area (Å²) in [6, 6.07) is 15.3. The Hall–Kier alpha value is -5.37. The molecule has 40 heavy (non-hydrogen) atoms. The Morgan fingerprint density at radius 2 is 1.90 bits per heavy atom. The average molecular weight is 530 g/mol. The van der Waals surface area contributed by atoms with Gasteiger partial charge in [-0.1, -0.05) is 49.6 Å². The van der Waals surface area contributed by atoms with Crippen molar-refractivity contribution in [3.63, 3.8) is 0 Å². The second-order valence-corrected chi connectivity index (χ2v) is 9.03. The molecule has 4 heterocycles. The number of fused-ring (bicyclic) bond motifs is 1. The lowest BCUT2D eigenvalue weighted by Crippen LogP contribution is -2.10. The maximum Gasteiger partial charge on any atom is 0.155 e. The molecular formula is C32H28FN7. The molecule has 0 radical (unpaired) electrons. The molecule has 0 fully saturated rings. The van der Waals surface area contributed by atoms with Crippen LogP contribution in [0.15, 0.2) is 110 Å². The molecule has 8 heteroatoms. The van der Waals surface area contributed by atoms with E-state index in [1.165, 1.54) is 6.20 Å². The monoisotopic (exact) mass is 529 g/mol. The predicted molar refractivity (Wildman–Crippen MR) is 159 cm³/mol. The van der Waals surface area contributed by atoms with Gasteiger partial charge in [0.2, 0.25) is 0 Å². The van der Waals surface area contributed by atoms with E-state index in [0.29, 0.717) is 39.6 Å². The molecule has 0 aliphatic rings. The van der Waals surface area contributed by atoms with Gasteiger partial charge in [0.25, 0.3) is 0 Å². The summed E-state index contributed by atoms with van der Waals surface area (Å²) in [5.41, 5.74) is 12.8. The largest absolute Gasteiger partial charge is 0.397 e. The minimum atomic E-state index is -0.513. The Balaban J connectivity index is 1.46. The molecule has 0 bridgehead atoms. The second-order valence-electron chi connectivity index (χ2n) is 9.03. The first kappa shape index (κ1) is 26.2. The van der Waals surface area contributed by atoms with E-state index in [9.17, 15) is 0 Å². The van der Waals surface area contributed by atoms with Crippen LogP contribution in [0.4, 0.5) is 10.1 Å². The first-order chi connectivity index (χ1) is 19.5. The number of hydrogen-bond donors (Lipinski definition) is 3. The van der Waals surface area contributed by atoms with Crippen molar-refractivity contribution < 1.29 is 4.39 Å². The highest BCUT2D eigenvalue weighted by Crippen LogP contribution is 2.29. The van der Waals surface area contributed by atoms with Crippen LogP contribution in [0, 0.1) is 5.82 Å². The lowest BCUT2D eigenvalue weighted by atomic mass is 10.0. The second kappa shape index (κ2) is 11.6. The molecule has 0 amide bonds. The number of anilines is 1. The van der Waals surface area contributed by atoms with E-state index in [1.54, 1.807) is 36.8 Å². The van der Waals surface area contributed by atoms with Crippen LogP contribution >= 0.6 is 0 Å². The zero-order valence-electron chi connectivity index (χ0n) is 22.0. The normalized spacial score (nSPS) is 11.9. The number of benzene rings is 1. The van der Waals surface area contributed by atoms with Crippen molar-refractivity contribution in [3.8, 4) is 11.3 Å². The first-order valence-corrected chi connectivity index (χ1v) is 12.7. The van der Waals surface area contributed by atoms with E-state index >= 15 is 4.39 Å². The molecule has 4 N–H and O–H groups in total. The van der Waals surface area contributed by atoms with Gasteiger partial charge >= 0.3 is 0 Å². The Kier molecular flexibility index (Phi) is 7.59. The van der Waals surface area contributed by atoms with Crippen molar-refractivity contribution in [3.05, 3.63) is 139 Å². The topological polar surface area (TPSA) is 105 Å². The van der Waals surface area contributed by atoms with Crippen LogP contribution < -0.4 is 11.1 Å². The summed E-state index contributed by atoms with van der Waals surface area (Å²) in [7, 11) is 0. The van der Waals surface area contributed by atoms with E-state index in [1.807, 2.05) is 55.5 Å². The van der Waals surface area contributed by atoms with Gasteiger partial charge in [0.15, 0.2) is 5.82 Å². The zero-order chi connectivity index (χ0) is 28.1. The maximum absolute atomic E-state index is 16.0. The number of nitrogens with one attached hydrogen (secondary N) is 2. The van der Waals surface area contributed by atoms with E-state index in [-0.39, 0.29) is 17.8 Å². The summed E-state index contributed by atoms with van der Waals surface area (Å²) in [4.78, 5) is 21.0. The minimum absolute atomic E-state index is 0.145. The van der Waals surface area contributed by atoms with Crippen LogP contribution in [0.1, 0.15) is 29.6 Å². The Labute approximate surface area is 231 Å². The van der Waals surface area contributed by atoms with Gasteiger partial charge in [-0.3, -0.25) is 15.0 Å². The fourth-order valence-corrected chi connectivity index (χ4v) is 4.36. The lowest BCUT2D eigenvalue weighted by molar-refractivity contribution is 0.603. The van der Waals surface area contributed by atoms with Gasteiger partial charge in [-0.25, -0.2) is 9.37 Å². The highest BCUT2D eigenvalue weighted by atomic mass is 19.1. The highest BCUT2D eigenvalue weighted by molar-refractivity contribution is 5.89. The molecule has 0 aliphatic heterocycles. The van der Waals surface area contributed by atoms with Gasteiger partial charge in [-0.2, -0.15) is 0 Å². The number of H-pyrrole nitrogens is 1. The van der Waals surface area contributed by atoms with Crippen LogP contribution in [-0.4, -0.2) is 24.9 Å². The Morgan fingerprint density at radius 3 is 2.62 bits per heavy atom. The van der Waals surface area contributed by atoms with Gasteiger partial charge in [0.1, 0.15) is 17.0 Å². The van der Waals surface area contributed by atoms with Gasteiger partial charge in [0, 0.05) is 53.1 Å². The Morgan fingerprint density at radius 1 is 1.07 bits per heavy atom. The van der Waals surface area contributed by atoms with E-state index < -0.39 is 5.82 Å². The number of aromatic amines is 1. The molecule has 5 rings (SSSR count). The summed E-state index contributed by atoms with van der Waals surface area (Å²) >= 11 is 0. The standard InChI is InChI=1S/C32H28FN7/c1-4-21(16-24(5-2)38-20(3)22-10-7-6-8-11-22)30-29(33)25(26(34)19-37-30)17-28-39-27-13-15-36-31(32(27)40-28)23-12-9-14-35-18-23/h4-16,18-19,38H,2-3,17,34H2,1H3,(H,39,40)/b21-4+,24-16+. The van der Waals surface area contributed by atoms with Crippen molar-refractivity contribution in [2.45, 2.75) is 13.3 Å². The van der Waals surface area contributed by atoms with Crippen molar-refractivity contribution in [1.29, 1.82) is 0 Å². The van der Waals surface area contributed by atoms with Crippen LogP contribution in [-0.2, 0) is 6.42 Å². The molecule has 0 spiro atoms. The van der Waals surface area contributed by atoms with Crippen molar-refractivity contribution in [2.75, 3.05) is 5.73 Å². The molecule has 0 saturated heterocycles. The van der Waals surface area contributed by atoms with E-state index in [0.717, 1.165) is 16.6 Å². The SMILES string of the molecule is C=C/C(=C\C(=C/C)c1ncc(N)c(Cc2nc3c(-c4cccnc4)nccc3[nH]2)c1F)NC(=C)c1ccccc1. The number of rotatable bonds is 9. The molecule has 0 atom stereocenters. The van der Waals surface area contributed by atoms with Gasteiger partial charge in [-0.05, 0) is 42.8 Å². The number of aromatic nitrogens is 5. The molecule has 0 aliphatic carbocycles. The minimum Gasteiger partial charge on any atom is -0.397 e. The third-order valence-corrected chi connectivity index (χ3v) is 6.42. The van der Waals surface area contributed by atoms with Crippen molar-refractivity contribution >= 4 is 28.0 Å². The number of hydrogen-bond acceptors (Lipinski definition) is 6. The van der Waals surface area contributed by atoms with Gasteiger partial charge in [0.05, 0.1) is 23.1 Å². The lowest BCUT2D eigenvalue weighted by Gasteiger charge is -2.13. The smallest absolute Gasteiger partial charge is 0.155 e. The quantitative estimate of drug-likeness (QED) is 0.189. The summed E-state index contributed by atoms with van der Waals surface area (Å²) in [5, 5.41) is 3.24. The molecule has 4 aromatic heterocycles. The zero-order valence-corrected chi connectivity index (χ0v) is 22.0. The summed E-state index contributed by atoms with van der Waals surface area (Å²) < 4.78 is 16.0. The molecule has 0 unspecified atom stereocenters. The van der Waals surface area contributed by atoms with Crippen LogP contribution in [0.5, 0.6) is 0 Å². The Bertz CT molecular complexity index is 1750. The predicted octanol–water partition coefficient (Wildman–Crippen LogP) is 6.46. The van der Waals surface area contributed by atoms with Crippen LogP contribution in [0.2, 0.25) is 0 Å². The number of halogens is 1. The molecular weight excluding hydrogens is 501 g/mol. The summed E-state index contributed by atoms with van der Waals surface area (Å²) in [6.07, 6.45) is 12.0. The molecule has 198 valence electrons. The number of imidazole rings is 1. The number of nitrogen functional groups attached to an aromatic ring is 1. The summed E-state index contributed by atoms with van der Waals surface area (Å²) in [5.74, 6) is 0.0433. The van der Waals surface area contributed by atoms with Crippen molar-refractivity contribution in [2.24, 2.45) is 0 Å². The van der Waals surface area contributed by atoms with Gasteiger partial charge < -0.3 is 16.0 Å². The van der Waals surface area contributed by atoms with Gasteiger partial charge in [-0.15, -0.1) is 0 Å². The van der Waals surface area contributed by atoms with E-state index in [4.69, 9.17) is 10.7 Å². The molecule has 1 aromatic carbocycles. The molecule has 5 aromatic rings. The number of nitrogens with two attached hydrogens (primary N) is 1. The fraction of sp³-hybridized carbons (Fsp3) is 0.0625. The molecule has 0 saturated carbocycles.